The second kappa shape index (κ2) is 4.78. The van der Waals surface area contributed by atoms with Gasteiger partial charge in [0.15, 0.2) is 0 Å². The van der Waals surface area contributed by atoms with Gasteiger partial charge in [0, 0.05) is 13.1 Å². The Balaban J connectivity index is 2.11. The van der Waals surface area contributed by atoms with Crippen molar-refractivity contribution < 1.29 is 4.79 Å². The molecule has 1 aromatic carbocycles. The summed E-state index contributed by atoms with van der Waals surface area (Å²) in [6.45, 7) is 7.92. The number of amides is 2. The van der Waals surface area contributed by atoms with E-state index in [-0.39, 0.29) is 12.1 Å². The molecule has 1 atom stereocenters. The van der Waals surface area contributed by atoms with Gasteiger partial charge in [-0.15, -0.1) is 0 Å². The van der Waals surface area contributed by atoms with E-state index >= 15 is 0 Å². The maximum atomic E-state index is 11.6. The number of nitrogens with one attached hydrogen (secondary N) is 1. The van der Waals surface area contributed by atoms with Crippen LogP contribution in [0.15, 0.2) is 24.3 Å². The van der Waals surface area contributed by atoms with Gasteiger partial charge in [0.25, 0.3) is 0 Å². The molecule has 92 valence electrons. The molecule has 2 rings (SSSR count). The fourth-order valence-electron chi connectivity index (χ4n) is 2.16. The fraction of sp³-hybridized carbons (Fsp3) is 0.500. The van der Waals surface area contributed by atoms with Crippen molar-refractivity contribution in [3.63, 3.8) is 0 Å². The summed E-state index contributed by atoms with van der Waals surface area (Å²) in [4.78, 5) is 13.4. The molecule has 2 amide bonds. The number of likely N-dealkylation sites (N-methyl/N-ethyl adjacent to an activating group) is 1. The molecule has 1 unspecified atom stereocenters. The molecule has 1 heterocycles. The predicted octanol–water partition coefficient (Wildman–Crippen LogP) is 2.90. The van der Waals surface area contributed by atoms with Crippen molar-refractivity contribution in [2.45, 2.75) is 32.7 Å². The van der Waals surface area contributed by atoms with E-state index in [2.05, 4.69) is 43.4 Å². The first-order valence-electron chi connectivity index (χ1n) is 6.27. The highest BCUT2D eigenvalue weighted by Crippen LogP contribution is 2.22. The van der Waals surface area contributed by atoms with E-state index in [0.29, 0.717) is 5.92 Å². The summed E-state index contributed by atoms with van der Waals surface area (Å²) in [5.41, 5.74) is 2.53. The van der Waals surface area contributed by atoms with Crippen molar-refractivity contribution in [1.29, 1.82) is 0 Å². The van der Waals surface area contributed by atoms with Crippen LogP contribution in [0.4, 0.5) is 4.79 Å². The number of carbonyl (C=O) groups is 1. The van der Waals surface area contributed by atoms with Crippen LogP contribution in [0.25, 0.3) is 0 Å². The van der Waals surface area contributed by atoms with Crippen LogP contribution in [0.1, 0.15) is 43.9 Å². The van der Waals surface area contributed by atoms with Gasteiger partial charge in [0.2, 0.25) is 0 Å². The molecular formula is C14H20N2O. The number of rotatable bonds is 3. The molecule has 0 bridgehead atoms. The first kappa shape index (κ1) is 12.0. The molecule has 1 N–H and O–H groups in total. The average molecular weight is 232 g/mol. The fourth-order valence-corrected chi connectivity index (χ4v) is 2.16. The largest absolute Gasteiger partial charge is 0.329 e. The van der Waals surface area contributed by atoms with Gasteiger partial charge in [-0.3, -0.25) is 0 Å². The molecule has 0 aliphatic carbocycles. The van der Waals surface area contributed by atoms with E-state index in [1.54, 1.807) is 0 Å². The number of carbonyl (C=O) groups excluding carboxylic acids is 1. The Labute approximate surface area is 103 Å². The number of hydrogen-bond acceptors (Lipinski definition) is 1. The van der Waals surface area contributed by atoms with E-state index in [1.807, 2.05) is 11.8 Å². The van der Waals surface area contributed by atoms with Gasteiger partial charge in [0.1, 0.15) is 0 Å². The topological polar surface area (TPSA) is 32.3 Å². The second-order valence-electron chi connectivity index (χ2n) is 4.86. The first-order chi connectivity index (χ1) is 8.11. The zero-order valence-electron chi connectivity index (χ0n) is 10.7. The smallest absolute Gasteiger partial charge is 0.318 e. The lowest BCUT2D eigenvalue weighted by atomic mass is 9.99. The van der Waals surface area contributed by atoms with Crippen LogP contribution < -0.4 is 5.32 Å². The van der Waals surface area contributed by atoms with Gasteiger partial charge in [-0.05, 0) is 24.0 Å². The van der Waals surface area contributed by atoms with E-state index < -0.39 is 0 Å². The van der Waals surface area contributed by atoms with E-state index in [9.17, 15) is 4.79 Å². The van der Waals surface area contributed by atoms with Crippen molar-refractivity contribution in [2.24, 2.45) is 0 Å². The molecule has 1 saturated heterocycles. The van der Waals surface area contributed by atoms with Crippen molar-refractivity contribution in [2.75, 3.05) is 13.1 Å². The molecule has 3 heteroatoms. The molecule has 0 aromatic heterocycles. The zero-order valence-corrected chi connectivity index (χ0v) is 10.7. The van der Waals surface area contributed by atoms with Crippen LogP contribution in [0.2, 0.25) is 0 Å². The normalized spacial score (nSPS) is 19.9. The summed E-state index contributed by atoms with van der Waals surface area (Å²) >= 11 is 0. The van der Waals surface area contributed by atoms with Crippen LogP contribution in [0.5, 0.6) is 0 Å². The average Bonchev–Trinajstić information content (AvgIpc) is 2.70. The Morgan fingerprint density at radius 2 is 2.00 bits per heavy atom. The third kappa shape index (κ3) is 2.43. The zero-order chi connectivity index (χ0) is 12.4. The predicted molar refractivity (Wildman–Crippen MR) is 69.1 cm³/mol. The molecular weight excluding hydrogens is 212 g/mol. The van der Waals surface area contributed by atoms with Crippen LogP contribution in [-0.4, -0.2) is 24.0 Å². The summed E-state index contributed by atoms with van der Waals surface area (Å²) < 4.78 is 0. The molecule has 17 heavy (non-hydrogen) atoms. The summed E-state index contributed by atoms with van der Waals surface area (Å²) in [6.07, 6.45) is 0. The summed E-state index contributed by atoms with van der Waals surface area (Å²) in [5, 5.41) is 3.01. The van der Waals surface area contributed by atoms with Crippen LogP contribution in [0, 0.1) is 0 Å². The highest BCUT2D eigenvalue weighted by molar-refractivity contribution is 5.77. The van der Waals surface area contributed by atoms with Gasteiger partial charge < -0.3 is 10.2 Å². The summed E-state index contributed by atoms with van der Waals surface area (Å²) in [6, 6.07) is 8.74. The number of nitrogens with zero attached hydrogens (tertiary/aromatic N) is 1. The maximum absolute atomic E-state index is 11.6. The van der Waals surface area contributed by atoms with Gasteiger partial charge in [-0.1, -0.05) is 38.1 Å². The summed E-state index contributed by atoms with van der Waals surface area (Å²) in [5.74, 6) is 0.550. The number of benzene rings is 1. The van der Waals surface area contributed by atoms with E-state index in [1.165, 1.54) is 11.1 Å². The Morgan fingerprint density at radius 1 is 1.35 bits per heavy atom. The minimum Gasteiger partial charge on any atom is -0.329 e. The van der Waals surface area contributed by atoms with E-state index in [4.69, 9.17) is 0 Å². The van der Waals surface area contributed by atoms with Crippen LogP contribution >= 0.6 is 0 Å². The Hall–Kier alpha value is -1.51. The van der Waals surface area contributed by atoms with Crippen molar-refractivity contribution in [1.82, 2.24) is 10.2 Å². The quantitative estimate of drug-likeness (QED) is 0.854. The lowest BCUT2D eigenvalue weighted by Gasteiger charge is -2.13. The molecule has 1 fully saturated rings. The Morgan fingerprint density at radius 3 is 2.47 bits per heavy atom. The van der Waals surface area contributed by atoms with Crippen LogP contribution in [-0.2, 0) is 0 Å². The Kier molecular flexibility index (Phi) is 3.36. The van der Waals surface area contributed by atoms with Gasteiger partial charge in [-0.25, -0.2) is 4.79 Å². The minimum absolute atomic E-state index is 0.0467. The third-order valence-electron chi connectivity index (χ3n) is 3.38. The maximum Gasteiger partial charge on any atom is 0.318 e. The lowest BCUT2D eigenvalue weighted by Crippen LogP contribution is -2.27. The Bertz CT molecular complexity index is 397. The number of urea groups is 1. The van der Waals surface area contributed by atoms with Crippen molar-refractivity contribution >= 4 is 6.03 Å². The SMILES string of the molecule is CCN1CC(c2ccc(C(C)C)cc2)NC1=O. The molecule has 0 saturated carbocycles. The minimum atomic E-state index is 0.0467. The highest BCUT2D eigenvalue weighted by Gasteiger charge is 2.28. The molecule has 0 spiro atoms. The molecule has 1 aromatic rings. The standard InChI is InChI=1S/C14H20N2O/c1-4-16-9-13(15-14(16)17)12-7-5-11(6-8-12)10(2)3/h5-8,10,13H,4,9H2,1-3H3,(H,15,17). The molecule has 0 radical (unpaired) electrons. The molecule has 1 aliphatic heterocycles. The number of hydrogen-bond donors (Lipinski definition) is 1. The molecule has 1 aliphatic rings. The van der Waals surface area contributed by atoms with E-state index in [0.717, 1.165) is 13.1 Å². The van der Waals surface area contributed by atoms with Crippen LogP contribution in [0.3, 0.4) is 0 Å². The lowest BCUT2D eigenvalue weighted by molar-refractivity contribution is 0.219. The van der Waals surface area contributed by atoms with Gasteiger partial charge >= 0.3 is 6.03 Å². The van der Waals surface area contributed by atoms with Crippen molar-refractivity contribution in [3.8, 4) is 0 Å². The third-order valence-corrected chi connectivity index (χ3v) is 3.38. The van der Waals surface area contributed by atoms with Crippen molar-refractivity contribution in [3.05, 3.63) is 35.4 Å². The molecule has 3 nitrogen and oxygen atoms in total. The monoisotopic (exact) mass is 232 g/mol. The van der Waals surface area contributed by atoms with Gasteiger partial charge in [0.05, 0.1) is 6.04 Å². The first-order valence-corrected chi connectivity index (χ1v) is 6.27. The highest BCUT2D eigenvalue weighted by atomic mass is 16.2. The van der Waals surface area contributed by atoms with Gasteiger partial charge in [-0.2, -0.15) is 0 Å². The second-order valence-corrected chi connectivity index (χ2v) is 4.86. The summed E-state index contributed by atoms with van der Waals surface area (Å²) in [7, 11) is 0.